The minimum absolute atomic E-state index is 0.0754. The zero-order chi connectivity index (χ0) is 20.3. The molecule has 0 bridgehead atoms. The van der Waals surface area contributed by atoms with Crippen LogP contribution in [0.3, 0.4) is 0 Å². The summed E-state index contributed by atoms with van der Waals surface area (Å²) in [5.74, 6) is 0.245. The first-order valence-corrected chi connectivity index (χ1v) is 10.9. The lowest BCUT2D eigenvalue weighted by molar-refractivity contribution is 0.0697. The summed E-state index contributed by atoms with van der Waals surface area (Å²) in [6, 6.07) is 7.84. The van der Waals surface area contributed by atoms with Gasteiger partial charge in [0, 0.05) is 38.4 Å². The first-order chi connectivity index (χ1) is 13.3. The Balaban J connectivity index is 1.69. The maximum Gasteiger partial charge on any atom is 0.255 e. The Morgan fingerprint density at radius 2 is 1.75 bits per heavy atom. The molecule has 7 nitrogen and oxygen atoms in total. The number of sulfonamides is 1. The number of ether oxygens (including phenoxy) is 1. The Bertz CT molecular complexity index is 939. The summed E-state index contributed by atoms with van der Waals surface area (Å²) in [5, 5.41) is 0.151. The van der Waals surface area contributed by atoms with Gasteiger partial charge in [0.2, 0.25) is 15.9 Å². The Morgan fingerprint density at radius 1 is 1.11 bits per heavy atom. The van der Waals surface area contributed by atoms with E-state index in [1.54, 1.807) is 23.1 Å². The highest BCUT2D eigenvalue weighted by atomic mass is 35.5. The standard InChI is InChI=1S/C18H19Cl2N3O4S/c1-2-27-16-7-6-13(12-21-16)18(24)22-8-10-23(11-9-22)28(25,26)17-14(19)4-3-5-15(17)20/h3-7,12H,2,8-11H2,1H3. The van der Waals surface area contributed by atoms with Gasteiger partial charge in [-0.05, 0) is 25.1 Å². The van der Waals surface area contributed by atoms with Crippen LogP contribution < -0.4 is 4.74 Å². The number of piperazine rings is 1. The molecule has 1 aliphatic rings. The molecule has 0 atom stereocenters. The van der Waals surface area contributed by atoms with Gasteiger partial charge < -0.3 is 9.64 Å². The number of benzene rings is 1. The van der Waals surface area contributed by atoms with E-state index in [4.69, 9.17) is 27.9 Å². The van der Waals surface area contributed by atoms with Crippen molar-refractivity contribution in [3.05, 3.63) is 52.1 Å². The molecule has 0 spiro atoms. The fourth-order valence-corrected chi connectivity index (χ4v) is 5.43. The third-order valence-electron chi connectivity index (χ3n) is 4.32. The number of carbonyl (C=O) groups is 1. The van der Waals surface area contributed by atoms with Crippen molar-refractivity contribution in [3.63, 3.8) is 0 Å². The van der Waals surface area contributed by atoms with Crippen molar-refractivity contribution in [1.29, 1.82) is 0 Å². The molecule has 28 heavy (non-hydrogen) atoms. The molecule has 1 aromatic heterocycles. The van der Waals surface area contributed by atoms with Gasteiger partial charge in [-0.15, -0.1) is 0 Å². The van der Waals surface area contributed by atoms with Gasteiger partial charge in [-0.2, -0.15) is 4.31 Å². The van der Waals surface area contributed by atoms with Gasteiger partial charge in [0.15, 0.2) is 0 Å². The average molecular weight is 444 g/mol. The number of hydrogen-bond acceptors (Lipinski definition) is 5. The molecule has 0 saturated carbocycles. The quantitative estimate of drug-likeness (QED) is 0.709. The molecule has 1 fully saturated rings. The van der Waals surface area contributed by atoms with Crippen LogP contribution in [0.4, 0.5) is 0 Å². The van der Waals surface area contributed by atoms with E-state index < -0.39 is 10.0 Å². The normalized spacial score (nSPS) is 15.5. The second kappa shape index (κ2) is 8.65. The van der Waals surface area contributed by atoms with Gasteiger partial charge in [0.25, 0.3) is 5.91 Å². The number of pyridine rings is 1. The van der Waals surface area contributed by atoms with Crippen LogP contribution in [0.5, 0.6) is 5.88 Å². The Morgan fingerprint density at radius 3 is 2.29 bits per heavy atom. The summed E-state index contributed by atoms with van der Waals surface area (Å²) < 4.78 is 32.4. The Labute approximate surface area is 173 Å². The van der Waals surface area contributed by atoms with E-state index in [-0.39, 0.29) is 47.0 Å². The molecule has 0 aliphatic carbocycles. The second-order valence-corrected chi connectivity index (χ2v) is 8.75. The topological polar surface area (TPSA) is 79.8 Å². The average Bonchev–Trinajstić information content (AvgIpc) is 2.68. The van der Waals surface area contributed by atoms with Crippen molar-refractivity contribution in [2.24, 2.45) is 0 Å². The maximum atomic E-state index is 12.9. The summed E-state index contributed by atoms with van der Waals surface area (Å²) >= 11 is 12.1. The van der Waals surface area contributed by atoms with Crippen LogP contribution in [0.1, 0.15) is 17.3 Å². The highest BCUT2D eigenvalue weighted by Crippen LogP contribution is 2.32. The van der Waals surface area contributed by atoms with Crippen molar-refractivity contribution in [2.75, 3.05) is 32.8 Å². The van der Waals surface area contributed by atoms with Crippen molar-refractivity contribution >= 4 is 39.1 Å². The van der Waals surface area contributed by atoms with Crippen molar-refractivity contribution in [1.82, 2.24) is 14.2 Å². The molecule has 1 aliphatic heterocycles. The first kappa shape index (κ1) is 20.9. The number of hydrogen-bond donors (Lipinski definition) is 0. The summed E-state index contributed by atoms with van der Waals surface area (Å²) in [6.45, 7) is 3.16. The lowest BCUT2D eigenvalue weighted by Crippen LogP contribution is -2.50. The van der Waals surface area contributed by atoms with Crippen molar-refractivity contribution in [2.45, 2.75) is 11.8 Å². The molecule has 3 rings (SSSR count). The third kappa shape index (κ3) is 4.25. The predicted octanol–water partition coefficient (Wildman–Crippen LogP) is 2.93. The first-order valence-electron chi connectivity index (χ1n) is 8.67. The summed E-state index contributed by atoms with van der Waals surface area (Å²) in [4.78, 5) is 18.2. The molecular formula is C18H19Cl2N3O4S. The van der Waals surface area contributed by atoms with Crippen LogP contribution in [-0.2, 0) is 10.0 Å². The van der Waals surface area contributed by atoms with E-state index in [1.165, 1.54) is 22.6 Å². The van der Waals surface area contributed by atoms with E-state index >= 15 is 0 Å². The zero-order valence-electron chi connectivity index (χ0n) is 15.1. The number of carbonyl (C=O) groups excluding carboxylic acids is 1. The van der Waals surface area contributed by atoms with E-state index in [1.807, 2.05) is 6.92 Å². The van der Waals surface area contributed by atoms with Gasteiger partial charge >= 0.3 is 0 Å². The maximum absolute atomic E-state index is 12.9. The number of amides is 1. The smallest absolute Gasteiger partial charge is 0.255 e. The number of aromatic nitrogens is 1. The van der Waals surface area contributed by atoms with Gasteiger partial charge in [0.1, 0.15) is 4.90 Å². The van der Waals surface area contributed by atoms with Gasteiger partial charge in [-0.3, -0.25) is 4.79 Å². The monoisotopic (exact) mass is 443 g/mol. The molecule has 150 valence electrons. The summed E-state index contributed by atoms with van der Waals surface area (Å²) in [7, 11) is -3.85. The lowest BCUT2D eigenvalue weighted by atomic mass is 10.2. The van der Waals surface area contributed by atoms with Crippen LogP contribution in [0.15, 0.2) is 41.4 Å². The Kier molecular flexibility index (Phi) is 6.44. The van der Waals surface area contributed by atoms with E-state index in [9.17, 15) is 13.2 Å². The molecule has 1 saturated heterocycles. The van der Waals surface area contributed by atoms with Gasteiger partial charge in [-0.1, -0.05) is 29.3 Å². The van der Waals surface area contributed by atoms with Crippen LogP contribution >= 0.6 is 23.2 Å². The molecule has 0 N–H and O–H groups in total. The zero-order valence-corrected chi connectivity index (χ0v) is 17.5. The second-order valence-electron chi connectivity index (χ2n) is 6.07. The van der Waals surface area contributed by atoms with Crippen LogP contribution in [0.25, 0.3) is 0 Å². The van der Waals surface area contributed by atoms with Gasteiger partial charge in [-0.25, -0.2) is 13.4 Å². The number of nitrogens with zero attached hydrogens (tertiary/aromatic N) is 3. The van der Waals surface area contributed by atoms with Crippen LogP contribution in [0, 0.1) is 0 Å². The van der Waals surface area contributed by atoms with E-state index in [2.05, 4.69) is 4.98 Å². The molecule has 1 amide bonds. The summed E-state index contributed by atoms with van der Waals surface area (Å²) in [6.07, 6.45) is 1.46. The molecule has 0 radical (unpaired) electrons. The van der Waals surface area contributed by atoms with Crippen molar-refractivity contribution in [3.8, 4) is 5.88 Å². The van der Waals surface area contributed by atoms with Crippen LogP contribution in [-0.4, -0.2) is 61.3 Å². The van der Waals surface area contributed by atoms with Crippen molar-refractivity contribution < 1.29 is 17.9 Å². The summed E-state index contributed by atoms with van der Waals surface area (Å²) in [5.41, 5.74) is 0.425. The van der Waals surface area contributed by atoms with Gasteiger partial charge in [0.05, 0.1) is 22.2 Å². The number of halogens is 2. The molecular weight excluding hydrogens is 425 g/mol. The molecule has 1 aromatic carbocycles. The SMILES string of the molecule is CCOc1ccc(C(=O)N2CCN(S(=O)(=O)c3c(Cl)cccc3Cl)CC2)cn1. The fourth-order valence-electron chi connectivity index (χ4n) is 2.91. The minimum Gasteiger partial charge on any atom is -0.478 e. The fraction of sp³-hybridized carbons (Fsp3) is 0.333. The molecule has 2 aromatic rings. The lowest BCUT2D eigenvalue weighted by Gasteiger charge is -2.34. The Hall–Kier alpha value is -1.87. The predicted molar refractivity (Wildman–Crippen MR) is 107 cm³/mol. The third-order valence-corrected chi connectivity index (χ3v) is 7.17. The highest BCUT2D eigenvalue weighted by molar-refractivity contribution is 7.89. The molecule has 2 heterocycles. The molecule has 0 unspecified atom stereocenters. The molecule has 10 heteroatoms. The largest absolute Gasteiger partial charge is 0.478 e. The van der Waals surface area contributed by atoms with E-state index in [0.29, 0.717) is 18.1 Å². The number of rotatable bonds is 5. The highest BCUT2D eigenvalue weighted by Gasteiger charge is 2.33. The van der Waals surface area contributed by atoms with E-state index in [0.717, 1.165) is 0 Å². The van der Waals surface area contributed by atoms with Crippen LogP contribution in [0.2, 0.25) is 10.0 Å². The minimum atomic E-state index is -3.85.